The summed E-state index contributed by atoms with van der Waals surface area (Å²) in [5, 5.41) is 8.76. The van der Waals surface area contributed by atoms with Crippen LogP contribution >= 0.6 is 0 Å². The van der Waals surface area contributed by atoms with E-state index in [0.717, 1.165) is 18.8 Å². The number of benzene rings is 3. The lowest BCUT2D eigenvalue weighted by Gasteiger charge is -2.12. The largest absolute Gasteiger partial charge is 0.412 e. The summed E-state index contributed by atoms with van der Waals surface area (Å²) in [4.78, 5) is 4.37. The molecular weight excluding hydrogens is 296 g/mol. The van der Waals surface area contributed by atoms with Crippen LogP contribution < -0.4 is 5.32 Å². The number of nitrogens with one attached hydrogen (secondary N) is 1. The van der Waals surface area contributed by atoms with Gasteiger partial charge in [-0.1, -0.05) is 54.6 Å². The van der Waals surface area contributed by atoms with Crippen LogP contribution in [0.3, 0.4) is 0 Å². The second-order valence-electron chi connectivity index (χ2n) is 5.72. The van der Waals surface area contributed by atoms with Gasteiger partial charge in [-0.05, 0) is 45.3 Å². The van der Waals surface area contributed by atoms with Crippen LogP contribution in [0.25, 0.3) is 21.5 Å². The fraction of sp³-hybridized carbons (Fsp3) is 0.0952. The van der Waals surface area contributed by atoms with E-state index in [9.17, 15) is 0 Å². The van der Waals surface area contributed by atoms with Crippen LogP contribution in [0.2, 0.25) is 0 Å². The summed E-state index contributed by atoms with van der Waals surface area (Å²) in [5.74, 6) is 0. The summed E-state index contributed by atoms with van der Waals surface area (Å²) in [6.45, 7) is 1.61. The summed E-state index contributed by atoms with van der Waals surface area (Å²) in [6, 6.07) is 25.5. The Balaban J connectivity index is 0.00000169. The molecule has 3 aromatic carbocycles. The molecule has 0 aliphatic rings. The molecule has 0 atom stereocenters. The van der Waals surface area contributed by atoms with Gasteiger partial charge in [0.05, 0.1) is 5.69 Å². The van der Waals surface area contributed by atoms with Crippen molar-refractivity contribution in [3.05, 3.63) is 90.3 Å². The van der Waals surface area contributed by atoms with Crippen molar-refractivity contribution in [2.75, 3.05) is 0 Å². The SMILES string of the molecule is O.c1ccc(CNCc2c3ccccc3cc3ccccc23)nc1. The average Bonchev–Trinajstić information content (AvgIpc) is 2.62. The summed E-state index contributed by atoms with van der Waals surface area (Å²) < 4.78 is 0. The number of rotatable bonds is 4. The van der Waals surface area contributed by atoms with Gasteiger partial charge in [0.15, 0.2) is 0 Å². The number of aromatic nitrogens is 1. The van der Waals surface area contributed by atoms with Crippen LogP contribution in [0.15, 0.2) is 79.0 Å². The zero-order valence-electron chi connectivity index (χ0n) is 13.4. The lowest BCUT2D eigenvalue weighted by atomic mass is 9.97. The van der Waals surface area contributed by atoms with Gasteiger partial charge in [0, 0.05) is 19.3 Å². The highest BCUT2D eigenvalue weighted by Gasteiger charge is 2.07. The molecule has 0 saturated carbocycles. The number of hydrogen-bond donors (Lipinski definition) is 1. The highest BCUT2D eigenvalue weighted by molar-refractivity contribution is 6.02. The lowest BCUT2D eigenvalue weighted by Crippen LogP contribution is -2.14. The predicted molar refractivity (Wildman–Crippen MR) is 99.8 cm³/mol. The molecule has 120 valence electrons. The molecular formula is C21H20N2O. The molecule has 0 saturated heterocycles. The van der Waals surface area contributed by atoms with Gasteiger partial charge in [-0.3, -0.25) is 4.98 Å². The van der Waals surface area contributed by atoms with Gasteiger partial charge in [0.2, 0.25) is 0 Å². The third kappa shape index (κ3) is 3.13. The Kier molecular flexibility index (Phi) is 4.85. The molecule has 0 aliphatic carbocycles. The van der Waals surface area contributed by atoms with Crippen LogP contribution in [0.1, 0.15) is 11.3 Å². The predicted octanol–water partition coefficient (Wildman–Crippen LogP) is 3.85. The smallest absolute Gasteiger partial charge is 0.0541 e. The van der Waals surface area contributed by atoms with E-state index in [2.05, 4.69) is 64.9 Å². The fourth-order valence-corrected chi connectivity index (χ4v) is 3.12. The van der Waals surface area contributed by atoms with Crippen LogP contribution in [0, 0.1) is 0 Å². The molecule has 3 heteroatoms. The van der Waals surface area contributed by atoms with Gasteiger partial charge in [0.25, 0.3) is 0 Å². The van der Waals surface area contributed by atoms with E-state index in [1.165, 1.54) is 27.1 Å². The number of pyridine rings is 1. The van der Waals surface area contributed by atoms with Crippen molar-refractivity contribution in [1.82, 2.24) is 10.3 Å². The van der Waals surface area contributed by atoms with Crippen LogP contribution in [0.5, 0.6) is 0 Å². The molecule has 24 heavy (non-hydrogen) atoms. The normalized spacial score (nSPS) is 10.7. The second-order valence-corrected chi connectivity index (χ2v) is 5.72. The van der Waals surface area contributed by atoms with Crippen molar-refractivity contribution in [1.29, 1.82) is 0 Å². The molecule has 1 aromatic heterocycles. The van der Waals surface area contributed by atoms with Gasteiger partial charge >= 0.3 is 0 Å². The van der Waals surface area contributed by atoms with Crippen molar-refractivity contribution in [3.63, 3.8) is 0 Å². The molecule has 0 amide bonds. The van der Waals surface area contributed by atoms with Gasteiger partial charge in [0.1, 0.15) is 0 Å². The van der Waals surface area contributed by atoms with Crippen molar-refractivity contribution >= 4 is 21.5 Å². The van der Waals surface area contributed by atoms with E-state index in [1.54, 1.807) is 0 Å². The van der Waals surface area contributed by atoms with E-state index in [0.29, 0.717) is 0 Å². The molecule has 0 aliphatic heterocycles. The molecule has 3 nitrogen and oxygen atoms in total. The van der Waals surface area contributed by atoms with Gasteiger partial charge in [-0.15, -0.1) is 0 Å². The topological polar surface area (TPSA) is 56.4 Å². The van der Waals surface area contributed by atoms with Crippen molar-refractivity contribution in [2.24, 2.45) is 0 Å². The van der Waals surface area contributed by atoms with Crippen LogP contribution in [-0.2, 0) is 13.1 Å². The Hall–Kier alpha value is -2.75. The minimum atomic E-state index is 0. The van der Waals surface area contributed by atoms with Gasteiger partial charge < -0.3 is 10.8 Å². The molecule has 4 aromatic rings. The first-order chi connectivity index (χ1) is 11.4. The Labute approximate surface area is 141 Å². The monoisotopic (exact) mass is 316 g/mol. The van der Waals surface area contributed by atoms with E-state index in [1.807, 2.05) is 24.4 Å². The Morgan fingerprint density at radius 2 is 1.33 bits per heavy atom. The zero-order valence-corrected chi connectivity index (χ0v) is 13.4. The van der Waals surface area contributed by atoms with E-state index in [-0.39, 0.29) is 5.48 Å². The molecule has 1 heterocycles. The highest BCUT2D eigenvalue weighted by Crippen LogP contribution is 2.28. The number of fused-ring (bicyclic) bond motifs is 2. The molecule has 0 radical (unpaired) electrons. The summed E-state index contributed by atoms with van der Waals surface area (Å²) in [5.41, 5.74) is 2.42. The Bertz CT molecular complexity index is 897. The standard InChI is InChI=1S/C21H18N2.H2O/c1-3-10-19-16(7-1)13-17-8-2-4-11-20(17)21(19)15-22-14-18-9-5-6-12-23-18;/h1-13,22H,14-15H2;1H2. The average molecular weight is 316 g/mol. The minimum Gasteiger partial charge on any atom is -0.412 e. The van der Waals surface area contributed by atoms with E-state index < -0.39 is 0 Å². The first kappa shape index (κ1) is 16.1. The lowest BCUT2D eigenvalue weighted by molar-refractivity contribution is 0.685. The van der Waals surface area contributed by atoms with E-state index >= 15 is 0 Å². The van der Waals surface area contributed by atoms with Crippen LogP contribution in [-0.4, -0.2) is 10.5 Å². The first-order valence-corrected chi connectivity index (χ1v) is 7.92. The molecule has 3 N–H and O–H groups in total. The number of nitrogens with zero attached hydrogens (tertiary/aromatic N) is 1. The highest BCUT2D eigenvalue weighted by atomic mass is 16.0. The summed E-state index contributed by atoms with van der Waals surface area (Å²) in [6.07, 6.45) is 1.84. The number of hydrogen-bond acceptors (Lipinski definition) is 2. The van der Waals surface area contributed by atoms with Gasteiger partial charge in [-0.2, -0.15) is 0 Å². The van der Waals surface area contributed by atoms with E-state index in [4.69, 9.17) is 0 Å². The third-order valence-corrected chi connectivity index (χ3v) is 4.22. The molecule has 0 unspecified atom stereocenters. The van der Waals surface area contributed by atoms with Crippen LogP contribution in [0.4, 0.5) is 0 Å². The summed E-state index contributed by atoms with van der Waals surface area (Å²) in [7, 11) is 0. The maximum absolute atomic E-state index is 4.37. The quantitative estimate of drug-likeness (QED) is 0.581. The minimum absolute atomic E-state index is 0. The Morgan fingerprint density at radius 1 is 0.708 bits per heavy atom. The third-order valence-electron chi connectivity index (χ3n) is 4.22. The van der Waals surface area contributed by atoms with Crippen molar-refractivity contribution in [3.8, 4) is 0 Å². The fourth-order valence-electron chi connectivity index (χ4n) is 3.12. The molecule has 0 bridgehead atoms. The van der Waals surface area contributed by atoms with Crippen molar-refractivity contribution in [2.45, 2.75) is 13.1 Å². The molecule has 0 fully saturated rings. The zero-order chi connectivity index (χ0) is 15.5. The first-order valence-electron chi connectivity index (χ1n) is 7.92. The molecule has 0 spiro atoms. The molecule has 4 rings (SSSR count). The Morgan fingerprint density at radius 3 is 1.96 bits per heavy atom. The van der Waals surface area contributed by atoms with Crippen molar-refractivity contribution < 1.29 is 5.48 Å². The second kappa shape index (κ2) is 7.21. The summed E-state index contributed by atoms with van der Waals surface area (Å²) >= 11 is 0. The maximum Gasteiger partial charge on any atom is 0.0541 e. The maximum atomic E-state index is 4.37. The van der Waals surface area contributed by atoms with Gasteiger partial charge in [-0.25, -0.2) is 0 Å².